The van der Waals surface area contributed by atoms with Crippen LogP contribution in [0.25, 0.3) is 0 Å². The molecule has 19 heavy (non-hydrogen) atoms. The van der Waals surface area contributed by atoms with E-state index in [-0.39, 0.29) is 0 Å². The lowest BCUT2D eigenvalue weighted by molar-refractivity contribution is -0.130. The second-order valence-electron chi connectivity index (χ2n) is 3.81. The molecule has 0 N–H and O–H groups in total. The van der Waals surface area contributed by atoms with Crippen LogP contribution >= 0.6 is 0 Å². The molecule has 0 spiro atoms. The molecule has 1 atom stereocenters. The number of hydrogen-bond donors (Lipinski definition) is 0. The molecule has 1 rings (SSSR count). The van der Waals surface area contributed by atoms with E-state index >= 15 is 0 Å². The fourth-order valence-corrected chi connectivity index (χ4v) is 8.12. The van der Waals surface area contributed by atoms with Crippen molar-refractivity contribution in [3.05, 3.63) is 43.0 Å². The Balaban J connectivity index is 2.78. The van der Waals surface area contributed by atoms with Gasteiger partial charge in [-0.15, -0.1) is 0 Å². The van der Waals surface area contributed by atoms with Gasteiger partial charge in [-0.05, 0) is 6.55 Å². The van der Waals surface area contributed by atoms with Crippen molar-refractivity contribution in [2.45, 2.75) is 6.55 Å². The quantitative estimate of drug-likeness (QED) is 0.314. The number of carbonyl (C=O) groups excluding carboxylic acids is 1. The highest BCUT2D eigenvalue weighted by Gasteiger charge is 2.37. The molecule has 0 radical (unpaired) electrons. The summed E-state index contributed by atoms with van der Waals surface area (Å²) in [6.45, 7) is 5.25. The van der Waals surface area contributed by atoms with Crippen LogP contribution in [0.4, 0.5) is 0 Å². The highest BCUT2D eigenvalue weighted by atomic mass is 28.4. The molecule has 0 heterocycles. The predicted octanol–water partition coefficient (Wildman–Crippen LogP) is -1.98. The van der Waals surface area contributed by atoms with E-state index in [1.807, 2.05) is 36.9 Å². The average Bonchev–Trinajstić information content (AvgIpc) is 2.44. The first-order chi connectivity index (χ1) is 9.12. The summed E-state index contributed by atoms with van der Waals surface area (Å²) < 4.78 is 21.7. The zero-order valence-corrected chi connectivity index (χ0v) is 17.0. The summed E-state index contributed by atoms with van der Waals surface area (Å²) in [6.07, 6.45) is 1.15. The fraction of sp³-hybridized carbons (Fsp3) is 0.100. The molecule has 0 saturated heterocycles. The van der Waals surface area contributed by atoms with Gasteiger partial charge in [-0.25, -0.2) is 4.79 Å². The molecular formula is C10H18O5Si4. The predicted molar refractivity (Wildman–Crippen MR) is 84.3 cm³/mol. The van der Waals surface area contributed by atoms with Crippen LogP contribution in [-0.2, 0) is 21.6 Å². The molecular weight excluding hydrogens is 312 g/mol. The molecule has 0 bridgehead atoms. The van der Waals surface area contributed by atoms with Crippen molar-refractivity contribution in [3.8, 4) is 0 Å². The van der Waals surface area contributed by atoms with E-state index in [2.05, 4.69) is 6.58 Å². The zero-order chi connectivity index (χ0) is 14.1. The minimum absolute atomic E-state index is 0.469. The van der Waals surface area contributed by atoms with Crippen molar-refractivity contribution in [1.29, 1.82) is 0 Å². The Labute approximate surface area is 121 Å². The van der Waals surface area contributed by atoms with Crippen molar-refractivity contribution in [2.75, 3.05) is 0 Å². The summed E-state index contributed by atoms with van der Waals surface area (Å²) >= 11 is 0. The average molecular weight is 331 g/mol. The van der Waals surface area contributed by atoms with Gasteiger partial charge in [0.05, 0.1) is 0 Å². The molecule has 1 aromatic rings. The summed E-state index contributed by atoms with van der Waals surface area (Å²) in [5, 5.41) is 0.898. The van der Waals surface area contributed by atoms with Crippen molar-refractivity contribution < 1.29 is 21.6 Å². The van der Waals surface area contributed by atoms with Crippen LogP contribution in [0.3, 0.4) is 0 Å². The monoisotopic (exact) mass is 330 g/mol. The summed E-state index contributed by atoms with van der Waals surface area (Å²) in [5.41, 5.74) is 0. The molecule has 104 valence electrons. The number of carbonyl (C=O) groups is 1. The molecule has 1 aromatic carbocycles. The van der Waals surface area contributed by atoms with Crippen LogP contribution in [0.15, 0.2) is 43.0 Å². The lowest BCUT2D eigenvalue weighted by atomic mass is 10.4. The SMILES string of the molecule is C=CC(=O)O[Si](C)(O[SiH2]O[SiH2]O[SiH3])c1ccccc1. The van der Waals surface area contributed by atoms with E-state index in [0.717, 1.165) is 11.3 Å². The highest BCUT2D eigenvalue weighted by Crippen LogP contribution is 2.08. The van der Waals surface area contributed by atoms with E-state index in [4.69, 9.17) is 16.8 Å². The highest BCUT2D eigenvalue weighted by molar-refractivity contribution is 6.83. The van der Waals surface area contributed by atoms with Gasteiger partial charge in [0.25, 0.3) is 20.0 Å². The van der Waals surface area contributed by atoms with Crippen molar-refractivity contribution in [2.24, 2.45) is 0 Å². The molecule has 0 aliphatic rings. The van der Waals surface area contributed by atoms with Gasteiger partial charge in [-0.3, -0.25) is 0 Å². The Hall–Kier alpha value is -0.822. The van der Waals surface area contributed by atoms with Gasteiger partial charge in [0.1, 0.15) is 10.5 Å². The van der Waals surface area contributed by atoms with Gasteiger partial charge in [0.15, 0.2) is 0 Å². The minimum atomic E-state index is -2.77. The first kappa shape index (κ1) is 16.2. The Morgan fingerprint density at radius 1 is 1.37 bits per heavy atom. The molecule has 1 unspecified atom stereocenters. The topological polar surface area (TPSA) is 54.0 Å². The second kappa shape index (κ2) is 8.37. The van der Waals surface area contributed by atoms with Gasteiger partial charge in [0.2, 0.25) is 0 Å². The molecule has 0 saturated carbocycles. The largest absolute Gasteiger partial charge is 0.488 e. The molecule has 9 heteroatoms. The van der Waals surface area contributed by atoms with Crippen LogP contribution in [0.2, 0.25) is 6.55 Å². The first-order valence-corrected chi connectivity index (χ1v) is 11.2. The maximum Gasteiger partial charge on any atom is 0.423 e. The molecule has 5 nitrogen and oxygen atoms in total. The van der Waals surface area contributed by atoms with E-state index in [1.165, 1.54) is 0 Å². The van der Waals surface area contributed by atoms with Gasteiger partial charge in [-0.2, -0.15) is 0 Å². The number of rotatable bonds is 8. The van der Waals surface area contributed by atoms with Crippen molar-refractivity contribution in [1.82, 2.24) is 0 Å². The van der Waals surface area contributed by atoms with E-state index in [1.54, 1.807) is 0 Å². The Bertz CT molecular complexity index is 416. The van der Waals surface area contributed by atoms with E-state index in [9.17, 15) is 4.79 Å². The van der Waals surface area contributed by atoms with E-state index < -0.39 is 34.5 Å². The second-order valence-corrected chi connectivity index (χ2v) is 12.1. The smallest absolute Gasteiger partial charge is 0.423 e. The fourth-order valence-electron chi connectivity index (χ4n) is 1.42. The Morgan fingerprint density at radius 2 is 2.05 bits per heavy atom. The van der Waals surface area contributed by atoms with Gasteiger partial charge in [-0.1, -0.05) is 36.9 Å². The van der Waals surface area contributed by atoms with Crippen LogP contribution < -0.4 is 5.19 Å². The third kappa shape index (κ3) is 5.36. The van der Waals surface area contributed by atoms with Crippen LogP contribution in [0, 0.1) is 0 Å². The molecule has 0 fully saturated rings. The van der Waals surface area contributed by atoms with E-state index in [0.29, 0.717) is 10.5 Å². The number of benzene rings is 1. The standard InChI is InChI=1S/C10H18O5Si4/c1-3-10(11)12-19(2,15-18-14-17-13-16)9-7-5-4-6-8-9/h3-8H,1,17-18H2,2,16H3. The van der Waals surface area contributed by atoms with Crippen molar-refractivity contribution >= 4 is 50.2 Å². The summed E-state index contributed by atoms with van der Waals surface area (Å²) in [6, 6.07) is 9.49. The Morgan fingerprint density at radius 3 is 2.63 bits per heavy atom. The van der Waals surface area contributed by atoms with Crippen LogP contribution in [-0.4, -0.2) is 45.0 Å². The third-order valence-corrected chi connectivity index (χ3v) is 9.30. The first-order valence-electron chi connectivity index (χ1n) is 5.74. The molecule has 0 amide bonds. The normalized spacial score (nSPS) is 15.0. The lowest BCUT2D eigenvalue weighted by Gasteiger charge is -2.26. The lowest BCUT2D eigenvalue weighted by Crippen LogP contribution is -2.53. The maximum absolute atomic E-state index is 11.5. The Kier molecular flexibility index (Phi) is 7.15. The zero-order valence-electron chi connectivity index (χ0n) is 11.1. The van der Waals surface area contributed by atoms with Crippen molar-refractivity contribution in [3.63, 3.8) is 0 Å². The summed E-state index contributed by atoms with van der Waals surface area (Å²) in [7, 11) is -4.17. The summed E-state index contributed by atoms with van der Waals surface area (Å²) in [4.78, 5) is 11.5. The summed E-state index contributed by atoms with van der Waals surface area (Å²) in [5.74, 6) is -0.469. The maximum atomic E-state index is 11.5. The molecule has 0 aliphatic carbocycles. The number of hydrogen-bond acceptors (Lipinski definition) is 5. The van der Waals surface area contributed by atoms with Gasteiger partial charge < -0.3 is 16.8 Å². The van der Waals surface area contributed by atoms with Gasteiger partial charge in [0, 0.05) is 11.3 Å². The van der Waals surface area contributed by atoms with Crippen LogP contribution in [0.1, 0.15) is 0 Å². The van der Waals surface area contributed by atoms with Crippen LogP contribution in [0.5, 0.6) is 0 Å². The van der Waals surface area contributed by atoms with Gasteiger partial charge >= 0.3 is 14.5 Å². The molecule has 0 aliphatic heterocycles. The minimum Gasteiger partial charge on any atom is -0.488 e. The third-order valence-electron chi connectivity index (χ3n) is 2.38. The molecule has 0 aromatic heterocycles.